The highest BCUT2D eigenvalue weighted by Gasteiger charge is 2.32. The molecule has 1 saturated heterocycles. The van der Waals surface area contributed by atoms with Crippen LogP contribution < -0.4 is 0 Å². The van der Waals surface area contributed by atoms with Crippen LogP contribution in [0.4, 0.5) is 3.89 Å². The maximum absolute atomic E-state index is 13.1. The van der Waals surface area contributed by atoms with E-state index in [1.54, 1.807) is 0 Å². The zero-order valence-electron chi connectivity index (χ0n) is 11.3. The molecule has 112 valence electrons. The SMILES string of the molecule is O=S(=O)(F)N1CCCC(c2nnc3n2CCCCC3)C1. The van der Waals surface area contributed by atoms with Gasteiger partial charge in [-0.3, -0.25) is 0 Å². The summed E-state index contributed by atoms with van der Waals surface area (Å²) in [7, 11) is -4.60. The van der Waals surface area contributed by atoms with E-state index in [1.165, 1.54) is 6.42 Å². The average molecular weight is 302 g/mol. The van der Waals surface area contributed by atoms with E-state index in [1.807, 2.05) is 0 Å². The Morgan fingerprint density at radius 3 is 2.75 bits per heavy atom. The van der Waals surface area contributed by atoms with E-state index in [0.29, 0.717) is 6.42 Å². The highest BCUT2D eigenvalue weighted by atomic mass is 32.3. The van der Waals surface area contributed by atoms with Gasteiger partial charge in [0.25, 0.3) is 0 Å². The normalized spacial score (nSPS) is 25.1. The minimum atomic E-state index is -4.60. The molecule has 2 aliphatic heterocycles. The molecule has 1 atom stereocenters. The summed E-state index contributed by atoms with van der Waals surface area (Å²) in [6, 6.07) is 0. The van der Waals surface area contributed by atoms with Crippen LogP contribution in [0.15, 0.2) is 0 Å². The summed E-state index contributed by atoms with van der Waals surface area (Å²) in [4.78, 5) is 0. The second-order valence-electron chi connectivity index (χ2n) is 5.58. The van der Waals surface area contributed by atoms with Crippen LogP contribution in [0.25, 0.3) is 0 Å². The largest absolute Gasteiger partial charge is 0.374 e. The van der Waals surface area contributed by atoms with Gasteiger partial charge < -0.3 is 4.57 Å². The Morgan fingerprint density at radius 2 is 1.95 bits per heavy atom. The number of aromatic nitrogens is 3. The molecule has 6 nitrogen and oxygen atoms in total. The molecule has 0 bridgehead atoms. The van der Waals surface area contributed by atoms with Crippen molar-refractivity contribution in [3.8, 4) is 0 Å². The Morgan fingerprint density at radius 1 is 1.10 bits per heavy atom. The monoisotopic (exact) mass is 302 g/mol. The molecule has 3 rings (SSSR count). The summed E-state index contributed by atoms with van der Waals surface area (Å²) in [6.45, 7) is 1.32. The molecule has 2 aliphatic rings. The molecule has 3 heterocycles. The number of nitrogens with zero attached hydrogens (tertiary/aromatic N) is 4. The first-order valence-corrected chi connectivity index (χ1v) is 8.51. The summed E-state index contributed by atoms with van der Waals surface area (Å²) in [6.07, 6.45) is 5.81. The van der Waals surface area contributed by atoms with Crippen molar-refractivity contribution < 1.29 is 12.3 Å². The minimum Gasteiger partial charge on any atom is -0.315 e. The number of hydrogen-bond donors (Lipinski definition) is 0. The Balaban J connectivity index is 1.84. The van der Waals surface area contributed by atoms with E-state index in [0.717, 1.165) is 48.2 Å². The van der Waals surface area contributed by atoms with Crippen LogP contribution >= 0.6 is 0 Å². The fourth-order valence-corrected chi connectivity index (χ4v) is 3.87. The van der Waals surface area contributed by atoms with Gasteiger partial charge in [-0.2, -0.15) is 12.7 Å². The van der Waals surface area contributed by atoms with Gasteiger partial charge in [0, 0.05) is 32.0 Å². The first-order chi connectivity index (χ1) is 9.55. The number of halogens is 1. The lowest BCUT2D eigenvalue weighted by atomic mass is 9.99. The van der Waals surface area contributed by atoms with Gasteiger partial charge in [-0.25, -0.2) is 0 Å². The summed E-state index contributed by atoms with van der Waals surface area (Å²) < 4.78 is 38.3. The van der Waals surface area contributed by atoms with E-state index in [-0.39, 0.29) is 19.0 Å². The Kier molecular flexibility index (Phi) is 3.76. The molecule has 8 heteroatoms. The lowest BCUT2D eigenvalue weighted by molar-refractivity contribution is 0.291. The Labute approximate surface area is 118 Å². The summed E-state index contributed by atoms with van der Waals surface area (Å²) in [5, 5.41) is 8.48. The second kappa shape index (κ2) is 5.40. The van der Waals surface area contributed by atoms with Crippen molar-refractivity contribution in [1.29, 1.82) is 0 Å². The van der Waals surface area contributed by atoms with Gasteiger partial charge in [0.15, 0.2) is 0 Å². The van der Waals surface area contributed by atoms with Gasteiger partial charge in [-0.1, -0.05) is 10.3 Å². The molecule has 0 spiro atoms. The van der Waals surface area contributed by atoms with Crippen molar-refractivity contribution >= 4 is 10.4 Å². The molecule has 1 aromatic heterocycles. The summed E-state index contributed by atoms with van der Waals surface area (Å²) in [5.74, 6) is 1.77. The predicted octanol–water partition coefficient (Wildman–Crippen LogP) is 1.40. The van der Waals surface area contributed by atoms with Gasteiger partial charge in [-0.05, 0) is 25.7 Å². The van der Waals surface area contributed by atoms with Crippen molar-refractivity contribution in [2.45, 2.75) is 51.0 Å². The molecule has 0 aromatic carbocycles. The topological polar surface area (TPSA) is 68.1 Å². The van der Waals surface area contributed by atoms with Crippen LogP contribution in [0.3, 0.4) is 0 Å². The fourth-order valence-electron chi connectivity index (χ4n) is 3.16. The van der Waals surface area contributed by atoms with Gasteiger partial charge in [0.1, 0.15) is 11.6 Å². The molecule has 0 amide bonds. The molecular weight excluding hydrogens is 283 g/mol. The zero-order chi connectivity index (χ0) is 14.2. The lowest BCUT2D eigenvalue weighted by Gasteiger charge is -2.28. The second-order valence-corrected chi connectivity index (χ2v) is 6.92. The maximum atomic E-state index is 13.1. The molecule has 0 radical (unpaired) electrons. The van der Waals surface area contributed by atoms with E-state index >= 15 is 0 Å². The highest BCUT2D eigenvalue weighted by Crippen LogP contribution is 2.29. The molecule has 1 fully saturated rings. The quantitative estimate of drug-likeness (QED) is 0.774. The maximum Gasteiger partial charge on any atom is 0.374 e. The number of hydrogen-bond acceptors (Lipinski definition) is 4. The van der Waals surface area contributed by atoms with Crippen LogP contribution in [0.1, 0.15) is 49.7 Å². The Bertz CT molecular complexity index is 586. The standard InChI is InChI=1S/C12H19FN4O2S/c13-20(18,19)16-7-4-5-10(9-16)12-15-14-11-6-2-1-3-8-17(11)12/h10H,1-9H2. The predicted molar refractivity (Wildman–Crippen MR) is 71.2 cm³/mol. The summed E-state index contributed by atoms with van der Waals surface area (Å²) in [5.41, 5.74) is 0. The molecule has 0 N–H and O–H groups in total. The molecule has 20 heavy (non-hydrogen) atoms. The molecule has 1 aromatic rings. The molecule has 0 aliphatic carbocycles. The fraction of sp³-hybridized carbons (Fsp3) is 0.833. The van der Waals surface area contributed by atoms with Gasteiger partial charge in [0.2, 0.25) is 0 Å². The van der Waals surface area contributed by atoms with E-state index in [4.69, 9.17) is 0 Å². The van der Waals surface area contributed by atoms with Crippen LogP contribution in [-0.4, -0.2) is 40.6 Å². The van der Waals surface area contributed by atoms with Crippen LogP contribution in [0.2, 0.25) is 0 Å². The van der Waals surface area contributed by atoms with Crippen LogP contribution in [0.5, 0.6) is 0 Å². The van der Waals surface area contributed by atoms with Gasteiger partial charge in [0.05, 0.1) is 0 Å². The first kappa shape index (κ1) is 13.9. The van der Waals surface area contributed by atoms with Crippen molar-refractivity contribution in [3.05, 3.63) is 11.6 Å². The smallest absolute Gasteiger partial charge is 0.315 e. The molecular formula is C12H19FN4O2S. The number of rotatable bonds is 2. The van der Waals surface area contributed by atoms with Crippen molar-refractivity contribution in [2.24, 2.45) is 0 Å². The van der Waals surface area contributed by atoms with Gasteiger partial charge >= 0.3 is 10.4 Å². The van der Waals surface area contributed by atoms with Crippen molar-refractivity contribution in [3.63, 3.8) is 0 Å². The van der Waals surface area contributed by atoms with E-state index in [2.05, 4.69) is 14.8 Å². The van der Waals surface area contributed by atoms with Crippen molar-refractivity contribution in [1.82, 2.24) is 19.1 Å². The van der Waals surface area contributed by atoms with Crippen LogP contribution in [-0.2, 0) is 23.4 Å². The third-order valence-corrected chi connectivity index (χ3v) is 5.14. The lowest BCUT2D eigenvalue weighted by Crippen LogP contribution is -2.37. The zero-order valence-corrected chi connectivity index (χ0v) is 12.1. The van der Waals surface area contributed by atoms with Gasteiger partial charge in [-0.15, -0.1) is 10.2 Å². The molecule has 1 unspecified atom stereocenters. The third kappa shape index (κ3) is 2.71. The Hall–Kier alpha value is -1.02. The number of fused-ring (bicyclic) bond motifs is 1. The molecule has 0 saturated carbocycles. The minimum absolute atomic E-state index is 0.0476. The summed E-state index contributed by atoms with van der Waals surface area (Å²) >= 11 is 0. The highest BCUT2D eigenvalue weighted by molar-refractivity contribution is 7.83. The van der Waals surface area contributed by atoms with E-state index < -0.39 is 10.4 Å². The van der Waals surface area contributed by atoms with Crippen molar-refractivity contribution in [2.75, 3.05) is 13.1 Å². The average Bonchev–Trinajstić information content (AvgIpc) is 2.67. The van der Waals surface area contributed by atoms with E-state index in [9.17, 15) is 12.3 Å². The number of aryl methyl sites for hydroxylation is 1. The number of piperidine rings is 1. The third-order valence-electron chi connectivity index (χ3n) is 4.20. The van der Waals surface area contributed by atoms with Crippen LogP contribution in [0, 0.1) is 0 Å². The first-order valence-electron chi connectivity index (χ1n) is 7.17.